The molecule has 3 N–H and O–H groups in total. The third kappa shape index (κ3) is 6.31. The lowest BCUT2D eigenvalue weighted by atomic mass is 10.0. The second-order valence-electron chi connectivity index (χ2n) is 7.40. The van der Waals surface area contributed by atoms with Crippen LogP contribution in [0.25, 0.3) is 0 Å². The fourth-order valence-electron chi connectivity index (χ4n) is 3.04. The van der Waals surface area contributed by atoms with E-state index in [1.165, 1.54) is 11.3 Å². The molecule has 0 saturated carbocycles. The second-order valence-corrected chi connectivity index (χ2v) is 8.25. The van der Waals surface area contributed by atoms with Gasteiger partial charge in [0, 0.05) is 17.8 Å². The number of para-hydroxylation sites is 2. The summed E-state index contributed by atoms with van der Waals surface area (Å²) in [5.41, 5.74) is 1.97. The first-order valence-electron chi connectivity index (χ1n) is 10.5. The number of carbonyl (C=O) groups excluding carboxylic acids is 2. The van der Waals surface area contributed by atoms with Crippen molar-refractivity contribution in [2.24, 2.45) is 0 Å². The van der Waals surface area contributed by atoms with Gasteiger partial charge in [0.1, 0.15) is 17.5 Å². The number of amides is 2. The van der Waals surface area contributed by atoms with Crippen molar-refractivity contribution >= 4 is 34.0 Å². The molecule has 0 spiro atoms. The standard InChI is InChI=1S/C24H28N4O3S/c1-4-16(2)25-22(29)19(14-17-10-6-5-7-11-17)26-23(30)20-15-32-24(28-20)27-18-12-8-9-13-21(18)31-3/h5-13,15-16,19H,4,14H2,1-3H3,(H,25,29)(H,26,30)(H,27,28)/t16-,19+/m0/s1. The topological polar surface area (TPSA) is 92.4 Å². The number of aromatic nitrogens is 1. The molecule has 2 aromatic carbocycles. The van der Waals surface area contributed by atoms with Crippen LogP contribution in [0, 0.1) is 0 Å². The lowest BCUT2D eigenvalue weighted by Gasteiger charge is -2.20. The molecule has 0 fully saturated rings. The maximum absolute atomic E-state index is 12.9. The van der Waals surface area contributed by atoms with Gasteiger partial charge in [-0.15, -0.1) is 11.3 Å². The van der Waals surface area contributed by atoms with Crippen LogP contribution in [0.5, 0.6) is 5.75 Å². The van der Waals surface area contributed by atoms with Gasteiger partial charge in [-0.2, -0.15) is 0 Å². The zero-order chi connectivity index (χ0) is 22.9. The van der Waals surface area contributed by atoms with E-state index in [0.717, 1.165) is 17.7 Å². The summed E-state index contributed by atoms with van der Waals surface area (Å²) in [6, 6.07) is 16.4. The Labute approximate surface area is 192 Å². The summed E-state index contributed by atoms with van der Waals surface area (Å²) in [4.78, 5) is 30.1. The smallest absolute Gasteiger partial charge is 0.271 e. The van der Waals surface area contributed by atoms with E-state index in [1.54, 1.807) is 12.5 Å². The van der Waals surface area contributed by atoms with Gasteiger partial charge in [-0.1, -0.05) is 49.4 Å². The molecule has 168 valence electrons. The van der Waals surface area contributed by atoms with Gasteiger partial charge in [-0.05, 0) is 31.0 Å². The Morgan fingerprint density at radius 3 is 2.50 bits per heavy atom. The number of ether oxygens (including phenoxy) is 1. The van der Waals surface area contributed by atoms with Crippen LogP contribution in [-0.2, 0) is 11.2 Å². The number of rotatable bonds is 10. The number of anilines is 2. The molecule has 0 bridgehead atoms. The SMILES string of the molecule is CC[C@H](C)NC(=O)[C@@H](Cc1ccccc1)NC(=O)c1csc(Nc2ccccc2OC)n1. The molecule has 2 amide bonds. The van der Waals surface area contributed by atoms with Gasteiger partial charge in [-0.3, -0.25) is 9.59 Å². The van der Waals surface area contributed by atoms with Crippen LogP contribution in [0.1, 0.15) is 36.3 Å². The van der Waals surface area contributed by atoms with Gasteiger partial charge >= 0.3 is 0 Å². The maximum Gasteiger partial charge on any atom is 0.271 e. The Hall–Kier alpha value is -3.39. The Kier molecular flexibility index (Phi) is 8.21. The highest BCUT2D eigenvalue weighted by molar-refractivity contribution is 7.14. The first-order valence-corrected chi connectivity index (χ1v) is 11.4. The molecule has 0 aliphatic carbocycles. The van der Waals surface area contributed by atoms with Gasteiger partial charge in [-0.25, -0.2) is 4.98 Å². The zero-order valence-electron chi connectivity index (χ0n) is 18.4. The number of thiazole rings is 1. The molecule has 3 aromatic rings. The molecular formula is C24H28N4O3S. The van der Waals surface area contributed by atoms with E-state index in [9.17, 15) is 9.59 Å². The molecule has 7 nitrogen and oxygen atoms in total. The summed E-state index contributed by atoms with van der Waals surface area (Å²) in [7, 11) is 1.60. The average Bonchev–Trinajstić information content (AvgIpc) is 3.28. The van der Waals surface area contributed by atoms with Crippen molar-refractivity contribution in [2.45, 2.75) is 38.8 Å². The number of hydrogen-bond acceptors (Lipinski definition) is 6. The molecule has 0 radical (unpaired) electrons. The number of methoxy groups -OCH3 is 1. The summed E-state index contributed by atoms with van der Waals surface area (Å²) >= 11 is 1.31. The molecule has 1 heterocycles. The van der Waals surface area contributed by atoms with Crippen LogP contribution in [0.15, 0.2) is 60.0 Å². The quantitative estimate of drug-likeness (QED) is 0.430. The van der Waals surface area contributed by atoms with E-state index in [0.29, 0.717) is 17.3 Å². The highest BCUT2D eigenvalue weighted by atomic mass is 32.1. The highest BCUT2D eigenvalue weighted by Gasteiger charge is 2.24. The van der Waals surface area contributed by atoms with Crippen molar-refractivity contribution in [1.82, 2.24) is 15.6 Å². The Bertz CT molecular complexity index is 1040. The molecule has 2 atom stereocenters. The monoisotopic (exact) mass is 452 g/mol. The van der Waals surface area contributed by atoms with Crippen LogP contribution < -0.4 is 20.7 Å². The summed E-state index contributed by atoms with van der Waals surface area (Å²) in [5.74, 6) is 0.0760. The molecule has 0 saturated heterocycles. The van der Waals surface area contributed by atoms with Crippen molar-refractivity contribution < 1.29 is 14.3 Å². The van der Waals surface area contributed by atoms with Crippen LogP contribution >= 0.6 is 11.3 Å². The summed E-state index contributed by atoms with van der Waals surface area (Å²) in [6.07, 6.45) is 1.20. The predicted molar refractivity (Wildman–Crippen MR) is 128 cm³/mol. The second kappa shape index (κ2) is 11.3. The Balaban J connectivity index is 1.72. The van der Waals surface area contributed by atoms with E-state index in [-0.39, 0.29) is 17.6 Å². The normalized spacial score (nSPS) is 12.5. The minimum atomic E-state index is -0.703. The van der Waals surface area contributed by atoms with Crippen LogP contribution in [-0.4, -0.2) is 36.0 Å². The van der Waals surface area contributed by atoms with Crippen LogP contribution in [0.3, 0.4) is 0 Å². The number of nitrogens with zero attached hydrogens (tertiary/aromatic N) is 1. The highest BCUT2D eigenvalue weighted by Crippen LogP contribution is 2.28. The van der Waals surface area contributed by atoms with Gasteiger partial charge in [0.2, 0.25) is 5.91 Å². The molecule has 0 aliphatic heterocycles. The van der Waals surface area contributed by atoms with Crippen molar-refractivity contribution in [2.75, 3.05) is 12.4 Å². The minimum Gasteiger partial charge on any atom is -0.495 e. The Morgan fingerprint density at radius 2 is 1.78 bits per heavy atom. The molecule has 1 aromatic heterocycles. The first kappa shape index (κ1) is 23.3. The summed E-state index contributed by atoms with van der Waals surface area (Å²) in [6.45, 7) is 3.94. The molecule has 0 aliphatic rings. The molecule has 0 unspecified atom stereocenters. The van der Waals surface area contributed by atoms with Crippen molar-refractivity contribution in [3.8, 4) is 5.75 Å². The van der Waals surface area contributed by atoms with E-state index in [1.807, 2.05) is 68.4 Å². The van der Waals surface area contributed by atoms with Crippen molar-refractivity contribution in [3.63, 3.8) is 0 Å². The number of hydrogen-bond donors (Lipinski definition) is 3. The maximum atomic E-state index is 12.9. The largest absolute Gasteiger partial charge is 0.495 e. The fraction of sp³-hybridized carbons (Fsp3) is 0.292. The average molecular weight is 453 g/mol. The van der Waals surface area contributed by atoms with Crippen LogP contribution in [0.2, 0.25) is 0 Å². The fourth-order valence-corrected chi connectivity index (χ4v) is 3.74. The lowest BCUT2D eigenvalue weighted by molar-refractivity contribution is -0.123. The predicted octanol–water partition coefficient (Wildman–Crippen LogP) is 4.15. The lowest BCUT2D eigenvalue weighted by Crippen LogP contribution is -2.50. The minimum absolute atomic E-state index is 0.0219. The molecule has 32 heavy (non-hydrogen) atoms. The van der Waals surface area contributed by atoms with Gasteiger partial charge in [0.05, 0.1) is 12.8 Å². The zero-order valence-corrected chi connectivity index (χ0v) is 19.2. The van der Waals surface area contributed by atoms with E-state index < -0.39 is 11.9 Å². The number of benzene rings is 2. The van der Waals surface area contributed by atoms with Crippen LogP contribution in [0.4, 0.5) is 10.8 Å². The first-order chi connectivity index (χ1) is 15.5. The van der Waals surface area contributed by atoms with Gasteiger partial charge in [0.15, 0.2) is 5.13 Å². The third-order valence-corrected chi connectivity index (χ3v) is 5.75. The van der Waals surface area contributed by atoms with Crippen molar-refractivity contribution in [3.05, 3.63) is 71.2 Å². The summed E-state index contributed by atoms with van der Waals surface area (Å²) in [5, 5.41) is 11.2. The van der Waals surface area contributed by atoms with Gasteiger partial charge in [0.25, 0.3) is 5.91 Å². The molecule has 3 rings (SSSR count). The molecular weight excluding hydrogens is 424 g/mol. The van der Waals surface area contributed by atoms with E-state index in [4.69, 9.17) is 4.74 Å². The number of carbonyl (C=O) groups is 2. The van der Waals surface area contributed by atoms with E-state index >= 15 is 0 Å². The third-order valence-electron chi connectivity index (χ3n) is 4.99. The Morgan fingerprint density at radius 1 is 1.06 bits per heavy atom. The van der Waals surface area contributed by atoms with E-state index in [2.05, 4.69) is 20.9 Å². The van der Waals surface area contributed by atoms with Crippen molar-refractivity contribution in [1.29, 1.82) is 0 Å². The number of nitrogens with one attached hydrogen (secondary N) is 3. The molecule has 8 heteroatoms. The summed E-state index contributed by atoms with van der Waals surface area (Å²) < 4.78 is 5.34. The van der Waals surface area contributed by atoms with Gasteiger partial charge < -0.3 is 20.7 Å².